The molecular formula is C15H23FN2. The SMILES string of the molecule is Cc1ccc(CNCC(C)N(C)C2CC2)cc1F. The van der Waals surface area contributed by atoms with Gasteiger partial charge >= 0.3 is 0 Å². The normalized spacial score (nSPS) is 17.2. The molecule has 0 saturated heterocycles. The molecule has 1 saturated carbocycles. The molecule has 1 unspecified atom stereocenters. The summed E-state index contributed by atoms with van der Waals surface area (Å²) in [5, 5.41) is 3.40. The van der Waals surface area contributed by atoms with Gasteiger partial charge in [0.1, 0.15) is 5.82 Å². The molecule has 0 aromatic heterocycles. The third-order valence-electron chi connectivity index (χ3n) is 3.82. The van der Waals surface area contributed by atoms with E-state index in [4.69, 9.17) is 0 Å². The van der Waals surface area contributed by atoms with Crippen LogP contribution in [0.5, 0.6) is 0 Å². The summed E-state index contributed by atoms with van der Waals surface area (Å²) in [6, 6.07) is 6.77. The first-order valence-corrected chi connectivity index (χ1v) is 6.75. The molecule has 2 rings (SSSR count). The zero-order valence-corrected chi connectivity index (χ0v) is 11.5. The Morgan fingerprint density at radius 3 is 2.78 bits per heavy atom. The lowest BCUT2D eigenvalue weighted by Gasteiger charge is -2.24. The van der Waals surface area contributed by atoms with Gasteiger partial charge in [-0.25, -0.2) is 4.39 Å². The van der Waals surface area contributed by atoms with Gasteiger partial charge in [0.25, 0.3) is 0 Å². The Morgan fingerprint density at radius 1 is 1.44 bits per heavy atom. The van der Waals surface area contributed by atoms with Crippen LogP contribution in [0.3, 0.4) is 0 Å². The van der Waals surface area contributed by atoms with E-state index in [0.717, 1.165) is 24.7 Å². The summed E-state index contributed by atoms with van der Waals surface area (Å²) in [7, 11) is 2.19. The van der Waals surface area contributed by atoms with E-state index < -0.39 is 0 Å². The number of nitrogens with one attached hydrogen (secondary N) is 1. The number of hydrogen-bond donors (Lipinski definition) is 1. The molecule has 1 aromatic carbocycles. The molecule has 1 fully saturated rings. The maximum absolute atomic E-state index is 13.4. The smallest absolute Gasteiger partial charge is 0.126 e. The first kappa shape index (κ1) is 13.5. The molecule has 1 aromatic rings. The highest BCUT2D eigenvalue weighted by Gasteiger charge is 2.28. The lowest BCUT2D eigenvalue weighted by atomic mass is 10.1. The van der Waals surface area contributed by atoms with Crippen molar-refractivity contribution >= 4 is 0 Å². The van der Waals surface area contributed by atoms with Crippen LogP contribution in [0.2, 0.25) is 0 Å². The minimum Gasteiger partial charge on any atom is -0.311 e. The van der Waals surface area contributed by atoms with Crippen LogP contribution in [0.4, 0.5) is 4.39 Å². The van der Waals surface area contributed by atoms with Crippen molar-refractivity contribution in [1.29, 1.82) is 0 Å². The summed E-state index contributed by atoms with van der Waals surface area (Å²) < 4.78 is 13.4. The standard InChI is InChI=1S/C15H23FN2/c1-11-4-5-13(8-15(11)16)10-17-9-12(2)18(3)14-6-7-14/h4-5,8,12,14,17H,6-7,9-10H2,1-3H3. The summed E-state index contributed by atoms with van der Waals surface area (Å²) >= 11 is 0. The molecule has 2 nitrogen and oxygen atoms in total. The largest absolute Gasteiger partial charge is 0.311 e. The predicted molar refractivity (Wildman–Crippen MR) is 73.1 cm³/mol. The van der Waals surface area contributed by atoms with Crippen molar-refractivity contribution in [1.82, 2.24) is 10.2 Å². The summed E-state index contributed by atoms with van der Waals surface area (Å²) in [4.78, 5) is 2.43. The summed E-state index contributed by atoms with van der Waals surface area (Å²) in [5.74, 6) is -0.113. The van der Waals surface area contributed by atoms with Gasteiger partial charge < -0.3 is 5.32 Å². The molecule has 1 aliphatic carbocycles. The number of halogens is 1. The lowest BCUT2D eigenvalue weighted by molar-refractivity contribution is 0.241. The lowest BCUT2D eigenvalue weighted by Crippen LogP contribution is -2.38. The molecule has 3 heteroatoms. The maximum Gasteiger partial charge on any atom is 0.126 e. The zero-order chi connectivity index (χ0) is 13.1. The molecular weight excluding hydrogens is 227 g/mol. The van der Waals surface area contributed by atoms with Crippen molar-refractivity contribution in [3.8, 4) is 0 Å². The molecule has 1 aliphatic rings. The molecule has 0 spiro atoms. The Labute approximate surface area is 109 Å². The number of hydrogen-bond acceptors (Lipinski definition) is 2. The highest BCUT2D eigenvalue weighted by Crippen LogP contribution is 2.26. The Morgan fingerprint density at radius 2 is 2.17 bits per heavy atom. The monoisotopic (exact) mass is 250 g/mol. The van der Waals surface area contributed by atoms with Gasteiger partial charge in [-0.2, -0.15) is 0 Å². The average molecular weight is 250 g/mol. The minimum absolute atomic E-state index is 0.113. The van der Waals surface area contributed by atoms with Crippen LogP contribution < -0.4 is 5.32 Å². The molecule has 0 bridgehead atoms. The van der Waals surface area contributed by atoms with Gasteiger partial charge in [-0.05, 0) is 50.9 Å². The van der Waals surface area contributed by atoms with Crippen LogP contribution >= 0.6 is 0 Å². The second-order valence-corrected chi connectivity index (χ2v) is 5.46. The van der Waals surface area contributed by atoms with Crippen molar-refractivity contribution in [3.05, 3.63) is 35.1 Å². The van der Waals surface area contributed by atoms with Crippen molar-refractivity contribution in [2.45, 2.75) is 45.3 Å². The van der Waals surface area contributed by atoms with Crippen molar-refractivity contribution in [3.63, 3.8) is 0 Å². The van der Waals surface area contributed by atoms with Crippen LogP contribution in [-0.2, 0) is 6.54 Å². The summed E-state index contributed by atoms with van der Waals surface area (Å²) in [5.41, 5.74) is 1.72. The summed E-state index contributed by atoms with van der Waals surface area (Å²) in [6.45, 7) is 5.71. The minimum atomic E-state index is -0.113. The molecule has 0 amide bonds. The van der Waals surface area contributed by atoms with Gasteiger partial charge in [0.15, 0.2) is 0 Å². The molecule has 1 atom stereocenters. The van der Waals surface area contributed by atoms with Crippen LogP contribution in [-0.4, -0.2) is 30.6 Å². The van der Waals surface area contributed by atoms with Gasteiger partial charge in [-0.3, -0.25) is 4.90 Å². The van der Waals surface area contributed by atoms with E-state index in [1.807, 2.05) is 12.1 Å². The Hall–Kier alpha value is -0.930. The van der Waals surface area contributed by atoms with E-state index in [2.05, 4.69) is 24.2 Å². The topological polar surface area (TPSA) is 15.3 Å². The van der Waals surface area contributed by atoms with E-state index in [9.17, 15) is 4.39 Å². The van der Waals surface area contributed by atoms with Crippen LogP contribution in [0.1, 0.15) is 30.9 Å². The van der Waals surface area contributed by atoms with Crippen molar-refractivity contribution < 1.29 is 4.39 Å². The number of rotatable bonds is 6. The maximum atomic E-state index is 13.4. The first-order chi connectivity index (χ1) is 8.58. The van der Waals surface area contributed by atoms with Crippen molar-refractivity contribution in [2.75, 3.05) is 13.6 Å². The van der Waals surface area contributed by atoms with Crippen LogP contribution in [0, 0.1) is 12.7 Å². The van der Waals surface area contributed by atoms with Crippen molar-refractivity contribution in [2.24, 2.45) is 0 Å². The molecule has 0 aliphatic heterocycles. The van der Waals surface area contributed by atoms with Gasteiger partial charge in [0, 0.05) is 25.2 Å². The summed E-state index contributed by atoms with van der Waals surface area (Å²) in [6.07, 6.45) is 2.67. The highest BCUT2D eigenvalue weighted by molar-refractivity contribution is 5.23. The molecule has 0 heterocycles. The van der Waals surface area contributed by atoms with Gasteiger partial charge in [0.2, 0.25) is 0 Å². The molecule has 0 radical (unpaired) electrons. The first-order valence-electron chi connectivity index (χ1n) is 6.75. The fourth-order valence-corrected chi connectivity index (χ4v) is 2.16. The van der Waals surface area contributed by atoms with E-state index in [1.54, 1.807) is 13.0 Å². The fraction of sp³-hybridized carbons (Fsp3) is 0.600. The molecule has 100 valence electrons. The van der Waals surface area contributed by atoms with E-state index in [1.165, 1.54) is 12.8 Å². The molecule has 18 heavy (non-hydrogen) atoms. The second kappa shape index (κ2) is 5.81. The second-order valence-electron chi connectivity index (χ2n) is 5.46. The number of nitrogens with zero attached hydrogens (tertiary/aromatic N) is 1. The quantitative estimate of drug-likeness (QED) is 0.835. The Balaban J connectivity index is 1.75. The third kappa shape index (κ3) is 3.53. The third-order valence-corrected chi connectivity index (χ3v) is 3.82. The van der Waals surface area contributed by atoms with E-state index in [-0.39, 0.29) is 5.82 Å². The highest BCUT2D eigenvalue weighted by atomic mass is 19.1. The number of aryl methyl sites for hydroxylation is 1. The number of likely N-dealkylation sites (N-methyl/N-ethyl adjacent to an activating group) is 1. The predicted octanol–water partition coefficient (Wildman–Crippen LogP) is 2.71. The van der Waals surface area contributed by atoms with Gasteiger partial charge in [-0.15, -0.1) is 0 Å². The van der Waals surface area contributed by atoms with Crippen LogP contribution in [0.25, 0.3) is 0 Å². The average Bonchev–Trinajstić information content (AvgIpc) is 3.16. The van der Waals surface area contributed by atoms with Gasteiger partial charge in [0.05, 0.1) is 0 Å². The Bertz CT molecular complexity index is 401. The van der Waals surface area contributed by atoms with Gasteiger partial charge in [-0.1, -0.05) is 12.1 Å². The van der Waals surface area contributed by atoms with E-state index >= 15 is 0 Å². The Kier molecular flexibility index (Phi) is 4.36. The fourth-order valence-electron chi connectivity index (χ4n) is 2.16. The number of benzene rings is 1. The van der Waals surface area contributed by atoms with Crippen LogP contribution in [0.15, 0.2) is 18.2 Å². The molecule has 1 N–H and O–H groups in total. The van der Waals surface area contributed by atoms with E-state index in [0.29, 0.717) is 11.6 Å². The zero-order valence-electron chi connectivity index (χ0n) is 11.5.